The van der Waals surface area contributed by atoms with Crippen molar-refractivity contribution in [1.29, 1.82) is 0 Å². The van der Waals surface area contributed by atoms with Crippen LogP contribution in [0.3, 0.4) is 0 Å². The molecular weight excluding hydrogens is 122 g/mol. The van der Waals surface area contributed by atoms with E-state index in [2.05, 4.69) is 15.6 Å². The number of rotatable bonds is 1. The summed E-state index contributed by atoms with van der Waals surface area (Å²) in [5, 5.41) is 2.23. The van der Waals surface area contributed by atoms with Crippen LogP contribution in [-0.2, 0) is 10.3 Å². The molecule has 0 saturated heterocycles. The number of hydrogen-bond acceptors (Lipinski definition) is 4. The van der Waals surface area contributed by atoms with Gasteiger partial charge in [0.25, 0.3) is 0 Å². The van der Waals surface area contributed by atoms with Gasteiger partial charge in [0.2, 0.25) is 10.3 Å². The van der Waals surface area contributed by atoms with Gasteiger partial charge in [0.15, 0.2) is 0 Å². The van der Waals surface area contributed by atoms with E-state index in [-0.39, 0.29) is 0 Å². The first kappa shape index (κ1) is 6.31. The first-order valence-electron chi connectivity index (χ1n) is 1.14. The molecule has 0 aliphatic rings. The van der Waals surface area contributed by atoms with Crippen molar-refractivity contribution in [2.75, 3.05) is 0 Å². The summed E-state index contributed by atoms with van der Waals surface area (Å²) in [6.07, 6.45) is 0. The van der Waals surface area contributed by atoms with Gasteiger partial charge in [0, 0.05) is 0 Å². The van der Waals surface area contributed by atoms with Crippen LogP contribution < -0.4 is 5.84 Å². The van der Waals surface area contributed by atoms with Crippen LogP contribution in [0.5, 0.6) is 0 Å². The fraction of sp³-hybridized carbons (Fsp3) is 0. The van der Waals surface area contributed by atoms with E-state index in [9.17, 15) is 13.0 Å². The molecule has 6 nitrogen and oxygen atoms in total. The van der Waals surface area contributed by atoms with E-state index in [1.54, 1.807) is 0 Å². The van der Waals surface area contributed by atoms with Gasteiger partial charge in [0.05, 0.1) is 0 Å². The molecule has 0 aliphatic heterocycles. The van der Waals surface area contributed by atoms with Gasteiger partial charge in [-0.05, 0) is 0 Å². The lowest BCUT2D eigenvalue weighted by molar-refractivity contribution is 0.461. The topological polar surface area (TPSA) is 108 Å². The van der Waals surface area contributed by atoms with Gasteiger partial charge in [-0.3, -0.25) is 0 Å². The summed E-state index contributed by atoms with van der Waals surface area (Å²) in [6.45, 7) is 0. The van der Waals surface area contributed by atoms with Gasteiger partial charge in [-0.25, -0.2) is 8.42 Å². The molecule has 0 aromatic rings. The number of nitrogens with two attached hydrogens (primary N) is 1. The molecule has 7 heavy (non-hydrogen) atoms. The second-order valence-electron chi connectivity index (χ2n) is 0.625. The SMILES string of the molecule is N/N=N/S(=O)(=O)[O-]. The lowest BCUT2D eigenvalue weighted by Gasteiger charge is -1.91. The van der Waals surface area contributed by atoms with E-state index in [0.717, 1.165) is 0 Å². The zero-order valence-electron chi connectivity index (χ0n) is 3.10. The molecule has 0 fully saturated rings. The Kier molecular flexibility index (Phi) is 1.66. The van der Waals surface area contributed by atoms with E-state index < -0.39 is 10.3 Å². The highest BCUT2D eigenvalue weighted by Gasteiger charge is 1.79. The molecule has 2 N–H and O–H groups in total. The normalized spacial score (nSPS) is 12.7. The van der Waals surface area contributed by atoms with Crippen molar-refractivity contribution in [2.24, 2.45) is 15.6 Å². The lowest BCUT2D eigenvalue weighted by atomic mass is 12.8. The fourth-order valence-electron chi connectivity index (χ4n) is 0.0577. The van der Waals surface area contributed by atoms with Crippen LogP contribution in [-0.4, -0.2) is 13.0 Å². The molecule has 0 spiro atoms. The maximum Gasteiger partial charge on any atom is 0.222 e. The predicted molar refractivity (Wildman–Crippen MR) is 18.7 cm³/mol. The molecule has 7 heteroatoms. The second kappa shape index (κ2) is 1.85. The predicted octanol–water partition coefficient (Wildman–Crippen LogP) is -1.23. The van der Waals surface area contributed by atoms with Crippen molar-refractivity contribution >= 4 is 10.3 Å². The molecule has 0 aliphatic carbocycles. The summed E-state index contributed by atoms with van der Waals surface area (Å²) in [7, 11) is -4.59. The minimum absolute atomic E-state index is 2.08. The maximum atomic E-state index is 9.34. The van der Waals surface area contributed by atoms with Gasteiger partial charge in [0.1, 0.15) is 0 Å². The highest BCUT2D eigenvalue weighted by atomic mass is 32.2. The van der Waals surface area contributed by atoms with Crippen LogP contribution in [0.2, 0.25) is 0 Å². The average Bonchev–Trinajstić information content (AvgIpc) is 1.30. The van der Waals surface area contributed by atoms with E-state index in [4.69, 9.17) is 0 Å². The Morgan fingerprint density at radius 2 is 2.00 bits per heavy atom. The Morgan fingerprint density at radius 1 is 1.57 bits per heavy atom. The Morgan fingerprint density at radius 3 is 2.00 bits per heavy atom. The Balaban J connectivity index is 4.13. The van der Waals surface area contributed by atoms with Crippen molar-refractivity contribution in [2.45, 2.75) is 0 Å². The molecule has 0 heterocycles. The first-order valence-corrected chi connectivity index (χ1v) is 2.51. The van der Waals surface area contributed by atoms with E-state index in [1.807, 2.05) is 0 Å². The van der Waals surface area contributed by atoms with Gasteiger partial charge < -0.3 is 10.4 Å². The van der Waals surface area contributed by atoms with Crippen molar-refractivity contribution in [3.05, 3.63) is 0 Å². The third kappa shape index (κ3) is 5.31. The minimum Gasteiger partial charge on any atom is -0.728 e. The van der Waals surface area contributed by atoms with Crippen molar-refractivity contribution in [3.8, 4) is 0 Å². The third-order valence-corrected chi connectivity index (χ3v) is 0.441. The Hall–Kier alpha value is -0.690. The zero-order chi connectivity index (χ0) is 5.91. The molecule has 42 valence electrons. The Bertz CT molecular complexity index is 153. The Labute approximate surface area is 39.9 Å². The summed E-state index contributed by atoms with van der Waals surface area (Å²) in [4.78, 5) is 0. The molecule has 0 amide bonds. The molecule has 0 saturated carbocycles. The van der Waals surface area contributed by atoms with Gasteiger partial charge in [-0.15, -0.1) is 0 Å². The van der Waals surface area contributed by atoms with E-state index in [1.165, 1.54) is 0 Å². The van der Waals surface area contributed by atoms with Crippen LogP contribution in [0.25, 0.3) is 0 Å². The van der Waals surface area contributed by atoms with Gasteiger partial charge in [-0.2, -0.15) is 0 Å². The minimum atomic E-state index is -4.59. The smallest absolute Gasteiger partial charge is 0.222 e. The molecular formula is H2N3O3S-. The standard InChI is InChI=1S/H3N3O3S/c1-2-3-7(4,5)6/h(H2,1,3)(H,4,5,6)/p-1. The highest BCUT2D eigenvalue weighted by molar-refractivity contribution is 7.84. The monoisotopic (exact) mass is 124 g/mol. The summed E-state index contributed by atoms with van der Waals surface area (Å²) in [5.74, 6) is 4.19. The molecule has 0 atom stereocenters. The van der Waals surface area contributed by atoms with E-state index in [0.29, 0.717) is 0 Å². The quantitative estimate of drug-likeness (QED) is 0.204. The molecule has 0 radical (unpaired) electrons. The summed E-state index contributed by atoms with van der Waals surface area (Å²) in [5.41, 5.74) is 0. The van der Waals surface area contributed by atoms with Gasteiger partial charge >= 0.3 is 0 Å². The van der Waals surface area contributed by atoms with E-state index >= 15 is 0 Å². The average molecular weight is 124 g/mol. The molecule has 0 aromatic heterocycles. The maximum absolute atomic E-state index is 9.34. The second-order valence-corrected chi connectivity index (χ2v) is 1.64. The third-order valence-electron chi connectivity index (χ3n) is 0.147. The van der Waals surface area contributed by atoms with Gasteiger partial charge in [-0.1, -0.05) is 9.74 Å². The molecule has 0 aromatic carbocycles. The van der Waals surface area contributed by atoms with Crippen LogP contribution in [0.15, 0.2) is 9.74 Å². The molecule has 0 unspecified atom stereocenters. The highest BCUT2D eigenvalue weighted by Crippen LogP contribution is 1.78. The lowest BCUT2D eigenvalue weighted by Crippen LogP contribution is -1.91. The van der Waals surface area contributed by atoms with Crippen LogP contribution in [0, 0.1) is 0 Å². The summed E-state index contributed by atoms with van der Waals surface area (Å²) >= 11 is 0. The van der Waals surface area contributed by atoms with Crippen molar-refractivity contribution in [3.63, 3.8) is 0 Å². The van der Waals surface area contributed by atoms with Crippen molar-refractivity contribution < 1.29 is 13.0 Å². The molecule has 0 rings (SSSR count). The first-order chi connectivity index (χ1) is 3.06. The zero-order valence-corrected chi connectivity index (χ0v) is 3.92. The van der Waals surface area contributed by atoms with Crippen molar-refractivity contribution in [1.82, 2.24) is 0 Å². The largest absolute Gasteiger partial charge is 0.728 e. The van der Waals surface area contributed by atoms with Crippen LogP contribution in [0.4, 0.5) is 0 Å². The molecule has 0 bridgehead atoms. The number of nitrogens with zero attached hydrogens (tertiary/aromatic N) is 2. The summed E-state index contributed by atoms with van der Waals surface area (Å²) in [6, 6.07) is 0. The van der Waals surface area contributed by atoms with Crippen LogP contribution in [0.1, 0.15) is 0 Å². The number of hydrogen-bond donors (Lipinski definition) is 1. The van der Waals surface area contributed by atoms with Crippen LogP contribution >= 0.6 is 0 Å². The summed E-state index contributed by atoms with van der Waals surface area (Å²) < 4.78 is 30.1. The fourth-order valence-corrected chi connectivity index (χ4v) is 0.173.